The number of halogens is 4. The van der Waals surface area contributed by atoms with Gasteiger partial charge < -0.3 is 15.2 Å². The number of nitrogens with one attached hydrogen (secondary N) is 1. The zero-order valence-corrected chi connectivity index (χ0v) is 17.6. The second-order valence-electron chi connectivity index (χ2n) is 8.44. The van der Waals surface area contributed by atoms with Crippen LogP contribution in [0.2, 0.25) is 0 Å². The van der Waals surface area contributed by atoms with Gasteiger partial charge in [-0.2, -0.15) is 10.1 Å². The van der Waals surface area contributed by atoms with Gasteiger partial charge in [-0.15, -0.1) is 0 Å². The Morgan fingerprint density at radius 1 is 1.24 bits per heavy atom. The summed E-state index contributed by atoms with van der Waals surface area (Å²) in [7, 11) is 0. The Balaban J connectivity index is 1.53. The van der Waals surface area contributed by atoms with Crippen LogP contribution >= 0.6 is 0 Å². The normalized spacial score (nSPS) is 22.4. The molecule has 5 heterocycles. The van der Waals surface area contributed by atoms with Gasteiger partial charge in [0.1, 0.15) is 34.8 Å². The lowest BCUT2D eigenvalue weighted by molar-refractivity contribution is -0.144. The van der Waals surface area contributed by atoms with E-state index in [0.29, 0.717) is 5.56 Å². The van der Waals surface area contributed by atoms with E-state index in [9.17, 15) is 22.7 Å². The molecular weight excluding hydrogens is 456 g/mol. The second kappa shape index (κ2) is 6.86. The summed E-state index contributed by atoms with van der Waals surface area (Å²) in [5.74, 6) is -4.66. The number of aromatic nitrogens is 5. The summed E-state index contributed by atoms with van der Waals surface area (Å²) >= 11 is 0. The van der Waals surface area contributed by atoms with Crippen molar-refractivity contribution in [2.75, 3.05) is 11.9 Å². The van der Waals surface area contributed by atoms with E-state index >= 15 is 0 Å². The van der Waals surface area contributed by atoms with E-state index < -0.39 is 35.8 Å². The lowest BCUT2D eigenvalue weighted by Gasteiger charge is -2.39. The Morgan fingerprint density at radius 3 is 2.82 bits per heavy atom. The number of nitrogens with zero attached hydrogens (tertiary/aromatic N) is 5. The predicted molar refractivity (Wildman–Crippen MR) is 111 cm³/mol. The molecule has 6 rings (SSSR count). The molecule has 0 amide bonds. The third-order valence-corrected chi connectivity index (χ3v) is 6.41. The first kappa shape index (κ1) is 20.8. The molecule has 0 saturated heterocycles. The molecule has 12 heteroatoms. The van der Waals surface area contributed by atoms with E-state index in [1.54, 1.807) is 18.2 Å². The monoisotopic (exact) mass is 472 g/mol. The highest BCUT2D eigenvalue weighted by atomic mass is 19.3. The van der Waals surface area contributed by atoms with E-state index in [2.05, 4.69) is 25.4 Å². The molecule has 0 fully saturated rings. The van der Waals surface area contributed by atoms with Crippen LogP contribution in [-0.2, 0) is 12.0 Å². The van der Waals surface area contributed by atoms with Crippen molar-refractivity contribution in [1.29, 1.82) is 0 Å². The Morgan fingerprint density at radius 2 is 2.03 bits per heavy atom. The lowest BCUT2D eigenvalue weighted by atomic mass is 9.76. The number of hydrogen-bond donors (Lipinski definition) is 2. The molecule has 2 aliphatic rings. The van der Waals surface area contributed by atoms with Gasteiger partial charge in [0.15, 0.2) is 18.1 Å². The average Bonchev–Trinajstić information content (AvgIpc) is 3.28. The first-order chi connectivity index (χ1) is 16.2. The van der Waals surface area contributed by atoms with Crippen molar-refractivity contribution in [1.82, 2.24) is 24.7 Å². The minimum absolute atomic E-state index is 0.00262. The molecule has 1 unspecified atom stereocenters. The van der Waals surface area contributed by atoms with Crippen molar-refractivity contribution < 1.29 is 27.4 Å². The average molecular weight is 472 g/mol. The SMILES string of the molecule is C[C@@]12c3c(nc(-c4nn(Cc5ccccc5F)c5ncc(F)cc45)nc3OCC1(F)F)NC2O. The largest absolute Gasteiger partial charge is 0.471 e. The second-order valence-corrected chi connectivity index (χ2v) is 8.44. The topological polar surface area (TPSA) is 98.0 Å². The highest BCUT2D eigenvalue weighted by molar-refractivity contribution is 5.89. The van der Waals surface area contributed by atoms with E-state index in [1.165, 1.54) is 23.7 Å². The minimum atomic E-state index is -3.37. The summed E-state index contributed by atoms with van der Waals surface area (Å²) in [6, 6.07) is 7.31. The van der Waals surface area contributed by atoms with Gasteiger partial charge in [0, 0.05) is 5.56 Å². The van der Waals surface area contributed by atoms with Crippen LogP contribution in [-0.4, -0.2) is 48.6 Å². The molecule has 2 N–H and O–H groups in total. The van der Waals surface area contributed by atoms with Gasteiger partial charge in [0.2, 0.25) is 5.88 Å². The quantitative estimate of drug-likeness (QED) is 0.442. The van der Waals surface area contributed by atoms with Crippen molar-refractivity contribution in [2.45, 2.75) is 31.0 Å². The fraction of sp³-hybridized carbons (Fsp3) is 0.273. The molecule has 2 atom stereocenters. The van der Waals surface area contributed by atoms with Crippen LogP contribution in [0, 0.1) is 11.6 Å². The van der Waals surface area contributed by atoms with Gasteiger partial charge >= 0.3 is 0 Å². The zero-order valence-electron chi connectivity index (χ0n) is 17.6. The molecule has 0 bridgehead atoms. The smallest absolute Gasteiger partial charge is 0.295 e. The van der Waals surface area contributed by atoms with Gasteiger partial charge in [-0.25, -0.2) is 32.2 Å². The Hall–Kier alpha value is -3.80. The number of pyridine rings is 1. The predicted octanol–water partition coefficient (Wildman–Crippen LogP) is 3.24. The Labute approximate surface area is 189 Å². The fourth-order valence-electron chi connectivity index (χ4n) is 4.42. The molecule has 0 aliphatic carbocycles. The van der Waals surface area contributed by atoms with Crippen LogP contribution in [0.1, 0.15) is 18.1 Å². The summed E-state index contributed by atoms with van der Waals surface area (Å²) in [6.45, 7) is 0.227. The molecule has 1 aromatic carbocycles. The number of alkyl halides is 2. The molecule has 174 valence electrons. The van der Waals surface area contributed by atoms with Crippen molar-refractivity contribution in [3.8, 4) is 17.4 Å². The third-order valence-electron chi connectivity index (χ3n) is 6.41. The number of benzene rings is 1. The van der Waals surface area contributed by atoms with Gasteiger partial charge in [0.25, 0.3) is 5.92 Å². The summed E-state index contributed by atoms with van der Waals surface area (Å²) in [6.07, 6.45) is -0.618. The van der Waals surface area contributed by atoms with E-state index in [1.807, 2.05) is 0 Å². The molecule has 4 aromatic rings. The number of hydrogen-bond acceptors (Lipinski definition) is 7. The van der Waals surface area contributed by atoms with Crippen molar-refractivity contribution in [2.24, 2.45) is 0 Å². The van der Waals surface area contributed by atoms with Crippen LogP contribution in [0.15, 0.2) is 36.5 Å². The molecule has 0 spiro atoms. The maximum Gasteiger partial charge on any atom is 0.295 e. The van der Waals surface area contributed by atoms with E-state index in [0.717, 1.165) is 6.20 Å². The van der Waals surface area contributed by atoms with Gasteiger partial charge in [-0.1, -0.05) is 18.2 Å². The van der Waals surface area contributed by atoms with Crippen LogP contribution in [0.25, 0.3) is 22.6 Å². The van der Waals surface area contributed by atoms with Gasteiger partial charge in [-0.3, -0.25) is 0 Å². The molecule has 3 aromatic heterocycles. The number of aliphatic hydroxyl groups excluding tert-OH is 1. The Kier molecular flexibility index (Phi) is 4.19. The molecule has 8 nitrogen and oxygen atoms in total. The number of rotatable bonds is 3. The molecule has 0 radical (unpaired) electrons. The summed E-state index contributed by atoms with van der Waals surface area (Å²) in [5.41, 5.74) is -1.35. The first-order valence-electron chi connectivity index (χ1n) is 10.3. The van der Waals surface area contributed by atoms with Crippen molar-refractivity contribution in [3.05, 3.63) is 59.3 Å². The van der Waals surface area contributed by atoms with E-state index in [4.69, 9.17) is 4.74 Å². The first-order valence-corrected chi connectivity index (χ1v) is 10.3. The fourth-order valence-corrected chi connectivity index (χ4v) is 4.42. The van der Waals surface area contributed by atoms with Crippen LogP contribution in [0.5, 0.6) is 5.88 Å². The van der Waals surface area contributed by atoms with Gasteiger partial charge in [-0.05, 0) is 19.1 Å². The summed E-state index contributed by atoms with van der Waals surface area (Å²) < 4.78 is 64.3. The highest BCUT2D eigenvalue weighted by Gasteiger charge is 2.65. The minimum Gasteiger partial charge on any atom is -0.471 e. The maximum absolute atomic E-state index is 14.7. The van der Waals surface area contributed by atoms with Crippen LogP contribution < -0.4 is 10.1 Å². The summed E-state index contributed by atoms with van der Waals surface area (Å²) in [4.78, 5) is 12.7. The zero-order chi connectivity index (χ0) is 23.8. The van der Waals surface area contributed by atoms with Gasteiger partial charge in [0.05, 0.1) is 23.7 Å². The molecule has 2 aliphatic heterocycles. The van der Waals surface area contributed by atoms with Crippen molar-refractivity contribution >= 4 is 16.9 Å². The third kappa shape index (κ3) is 2.74. The Bertz CT molecular complexity index is 1480. The number of ether oxygens (including phenoxy) is 1. The van der Waals surface area contributed by atoms with Crippen LogP contribution in [0.4, 0.5) is 23.4 Å². The highest BCUT2D eigenvalue weighted by Crippen LogP contribution is 2.55. The maximum atomic E-state index is 14.7. The standard InChI is InChI=1S/C22H16F4N6O2/c1-21-14-16(30-20(21)33)28-17(29-19(14)34-9-22(21,25)26)15-12-6-11(23)7-27-18(12)32(31-15)8-10-4-2-3-5-13(10)24/h2-7,20,33H,8-9H2,1H3,(H,28,29,30)/t20?,21-/m0/s1. The number of anilines is 1. The molecular formula is C22H16F4N6O2. The molecule has 0 saturated carbocycles. The molecule has 34 heavy (non-hydrogen) atoms. The lowest BCUT2D eigenvalue weighted by Crippen LogP contribution is -2.56. The summed E-state index contributed by atoms with van der Waals surface area (Å²) in [5, 5.41) is 17.7. The van der Waals surface area contributed by atoms with E-state index in [-0.39, 0.29) is 46.4 Å². The number of aliphatic hydroxyl groups is 1. The number of fused-ring (bicyclic) bond motifs is 1. The van der Waals surface area contributed by atoms with Crippen LogP contribution in [0.3, 0.4) is 0 Å². The van der Waals surface area contributed by atoms with Crippen molar-refractivity contribution in [3.63, 3.8) is 0 Å².